The summed E-state index contributed by atoms with van der Waals surface area (Å²) in [5, 5.41) is 2.77. The summed E-state index contributed by atoms with van der Waals surface area (Å²) in [7, 11) is 3.12. The number of nitrogens with two attached hydrogens (primary N) is 1. The number of methoxy groups -OCH3 is 2. The normalized spacial score (nSPS) is 11.1. The molecule has 0 saturated carbocycles. The molecule has 5 heteroatoms. The van der Waals surface area contributed by atoms with Gasteiger partial charge in [0.05, 0.1) is 24.8 Å². The van der Waals surface area contributed by atoms with Gasteiger partial charge in [-0.2, -0.15) is 0 Å². The van der Waals surface area contributed by atoms with Crippen molar-refractivity contribution in [2.24, 2.45) is 0 Å². The maximum Gasteiger partial charge on any atom is 0.227 e. The Kier molecular flexibility index (Phi) is 4.55. The van der Waals surface area contributed by atoms with Crippen LogP contribution in [0.4, 0.5) is 11.4 Å². The number of hydrogen-bond acceptors (Lipinski definition) is 4. The first kappa shape index (κ1) is 14.3. The van der Waals surface area contributed by atoms with E-state index in [1.165, 1.54) is 0 Å². The molecule has 0 aromatic heterocycles. The monoisotopic (exact) mass is 252 g/mol. The number of rotatable bonds is 5. The van der Waals surface area contributed by atoms with Crippen LogP contribution in [0.1, 0.15) is 20.3 Å². The van der Waals surface area contributed by atoms with Crippen molar-refractivity contribution in [3.05, 3.63) is 18.2 Å². The van der Waals surface area contributed by atoms with Crippen LogP contribution in [0.2, 0.25) is 0 Å². The summed E-state index contributed by atoms with van der Waals surface area (Å²) in [5.74, 6) is 0.429. The van der Waals surface area contributed by atoms with Crippen molar-refractivity contribution < 1.29 is 14.3 Å². The summed E-state index contributed by atoms with van der Waals surface area (Å²) in [5.41, 5.74) is 6.31. The average molecular weight is 252 g/mol. The van der Waals surface area contributed by atoms with Gasteiger partial charge in [0.2, 0.25) is 5.91 Å². The number of amides is 1. The lowest BCUT2D eigenvalue weighted by molar-refractivity contribution is -0.121. The van der Waals surface area contributed by atoms with E-state index in [-0.39, 0.29) is 12.3 Å². The van der Waals surface area contributed by atoms with Gasteiger partial charge in [-0.3, -0.25) is 4.79 Å². The quantitative estimate of drug-likeness (QED) is 0.786. The van der Waals surface area contributed by atoms with Gasteiger partial charge in [0.15, 0.2) is 0 Å². The number of anilines is 2. The third kappa shape index (κ3) is 3.92. The topological polar surface area (TPSA) is 73.6 Å². The van der Waals surface area contributed by atoms with Crippen LogP contribution in [0.25, 0.3) is 0 Å². The van der Waals surface area contributed by atoms with Gasteiger partial charge >= 0.3 is 0 Å². The molecule has 1 amide bonds. The minimum Gasteiger partial charge on any atom is -0.495 e. The van der Waals surface area contributed by atoms with Gasteiger partial charge in [0.1, 0.15) is 5.75 Å². The maximum absolute atomic E-state index is 11.9. The van der Waals surface area contributed by atoms with E-state index >= 15 is 0 Å². The van der Waals surface area contributed by atoms with E-state index < -0.39 is 5.60 Å². The molecule has 1 aromatic rings. The maximum atomic E-state index is 11.9. The van der Waals surface area contributed by atoms with Crippen LogP contribution in [0.15, 0.2) is 18.2 Å². The highest BCUT2D eigenvalue weighted by Gasteiger charge is 2.21. The van der Waals surface area contributed by atoms with Crippen LogP contribution >= 0.6 is 0 Å². The van der Waals surface area contributed by atoms with Crippen molar-refractivity contribution in [2.75, 3.05) is 25.3 Å². The SMILES string of the molecule is COc1ccc(N)cc1NC(=O)CC(C)(C)OC. The molecule has 100 valence electrons. The molecule has 0 bridgehead atoms. The van der Waals surface area contributed by atoms with E-state index in [0.717, 1.165) is 0 Å². The Labute approximate surface area is 107 Å². The first-order chi connectivity index (χ1) is 8.38. The van der Waals surface area contributed by atoms with Crippen LogP contribution < -0.4 is 15.8 Å². The van der Waals surface area contributed by atoms with Crippen molar-refractivity contribution in [1.29, 1.82) is 0 Å². The molecule has 0 aliphatic carbocycles. The van der Waals surface area contributed by atoms with Gasteiger partial charge in [-0.25, -0.2) is 0 Å². The first-order valence-electron chi connectivity index (χ1n) is 5.66. The predicted molar refractivity (Wildman–Crippen MR) is 71.7 cm³/mol. The van der Waals surface area contributed by atoms with E-state index in [4.69, 9.17) is 15.2 Å². The Balaban J connectivity index is 2.78. The number of hydrogen-bond donors (Lipinski definition) is 2. The summed E-state index contributed by atoms with van der Waals surface area (Å²) < 4.78 is 10.4. The lowest BCUT2D eigenvalue weighted by Crippen LogP contribution is -2.29. The van der Waals surface area contributed by atoms with Gasteiger partial charge in [0, 0.05) is 12.8 Å². The van der Waals surface area contributed by atoms with E-state index in [2.05, 4.69) is 5.32 Å². The van der Waals surface area contributed by atoms with Gasteiger partial charge in [0.25, 0.3) is 0 Å². The largest absolute Gasteiger partial charge is 0.495 e. The molecule has 1 aromatic carbocycles. The second-order valence-corrected chi connectivity index (χ2v) is 4.65. The van der Waals surface area contributed by atoms with Crippen molar-refractivity contribution in [2.45, 2.75) is 25.9 Å². The second-order valence-electron chi connectivity index (χ2n) is 4.65. The van der Waals surface area contributed by atoms with Crippen LogP contribution in [0.3, 0.4) is 0 Å². The van der Waals surface area contributed by atoms with Gasteiger partial charge in [-0.05, 0) is 32.0 Å². The zero-order valence-corrected chi connectivity index (χ0v) is 11.2. The Bertz CT molecular complexity index is 430. The highest BCUT2D eigenvalue weighted by molar-refractivity contribution is 5.93. The second kappa shape index (κ2) is 5.73. The fourth-order valence-corrected chi connectivity index (χ4v) is 1.48. The van der Waals surface area contributed by atoms with Gasteiger partial charge in [-0.1, -0.05) is 0 Å². The Morgan fingerprint density at radius 1 is 1.39 bits per heavy atom. The molecule has 0 aliphatic heterocycles. The van der Waals surface area contributed by atoms with Crippen LogP contribution in [0, 0.1) is 0 Å². The summed E-state index contributed by atoms with van der Waals surface area (Å²) in [6.07, 6.45) is 0.251. The molecule has 0 fully saturated rings. The minimum absolute atomic E-state index is 0.147. The van der Waals surface area contributed by atoms with Gasteiger partial charge < -0.3 is 20.5 Å². The predicted octanol–water partition coefficient (Wildman–Crippen LogP) is 2.03. The zero-order chi connectivity index (χ0) is 13.8. The highest BCUT2D eigenvalue weighted by Crippen LogP contribution is 2.27. The standard InChI is InChI=1S/C13H20N2O3/c1-13(2,18-4)8-12(16)15-10-7-9(14)5-6-11(10)17-3/h5-7H,8,14H2,1-4H3,(H,15,16). The molecule has 0 atom stereocenters. The van der Waals surface area contributed by atoms with Crippen LogP contribution in [-0.2, 0) is 9.53 Å². The summed E-state index contributed by atoms with van der Waals surface area (Å²) in [6, 6.07) is 5.09. The fraction of sp³-hybridized carbons (Fsp3) is 0.462. The number of ether oxygens (including phenoxy) is 2. The van der Waals surface area contributed by atoms with Crippen LogP contribution in [0.5, 0.6) is 5.75 Å². The Hall–Kier alpha value is -1.75. The lowest BCUT2D eigenvalue weighted by atomic mass is 10.0. The molecule has 0 heterocycles. The molecule has 3 N–H and O–H groups in total. The molecule has 0 unspecified atom stereocenters. The molecular formula is C13H20N2O3. The number of nitrogen functional groups attached to an aromatic ring is 1. The average Bonchev–Trinajstić information content (AvgIpc) is 2.28. The fourth-order valence-electron chi connectivity index (χ4n) is 1.48. The number of benzene rings is 1. The summed E-state index contributed by atoms with van der Waals surface area (Å²) >= 11 is 0. The Morgan fingerprint density at radius 3 is 2.61 bits per heavy atom. The van der Waals surface area contributed by atoms with E-state index in [1.54, 1.807) is 32.4 Å². The highest BCUT2D eigenvalue weighted by atomic mass is 16.5. The first-order valence-corrected chi connectivity index (χ1v) is 5.66. The van der Waals surface area contributed by atoms with Crippen molar-refractivity contribution >= 4 is 17.3 Å². The van der Waals surface area contributed by atoms with Gasteiger partial charge in [-0.15, -0.1) is 0 Å². The summed E-state index contributed by atoms with van der Waals surface area (Å²) in [6.45, 7) is 3.70. The molecule has 5 nitrogen and oxygen atoms in total. The van der Waals surface area contributed by atoms with Crippen molar-refractivity contribution in [3.63, 3.8) is 0 Å². The molecule has 0 radical (unpaired) electrons. The molecule has 0 aliphatic rings. The van der Waals surface area contributed by atoms with E-state index in [0.29, 0.717) is 17.1 Å². The summed E-state index contributed by atoms with van der Waals surface area (Å²) in [4.78, 5) is 11.9. The molecule has 0 spiro atoms. The lowest BCUT2D eigenvalue weighted by Gasteiger charge is -2.22. The number of carbonyl (C=O) groups excluding carboxylic acids is 1. The van der Waals surface area contributed by atoms with E-state index in [9.17, 15) is 4.79 Å². The minimum atomic E-state index is -0.502. The molecular weight excluding hydrogens is 232 g/mol. The Morgan fingerprint density at radius 2 is 2.06 bits per heavy atom. The van der Waals surface area contributed by atoms with Crippen molar-refractivity contribution in [1.82, 2.24) is 0 Å². The number of carbonyl (C=O) groups is 1. The number of nitrogens with one attached hydrogen (secondary N) is 1. The third-order valence-corrected chi connectivity index (χ3v) is 2.64. The van der Waals surface area contributed by atoms with Crippen molar-refractivity contribution in [3.8, 4) is 5.75 Å². The van der Waals surface area contributed by atoms with E-state index in [1.807, 2.05) is 13.8 Å². The molecule has 0 saturated heterocycles. The zero-order valence-electron chi connectivity index (χ0n) is 11.2. The third-order valence-electron chi connectivity index (χ3n) is 2.64. The smallest absolute Gasteiger partial charge is 0.227 e. The molecule has 1 rings (SSSR count). The van der Waals surface area contributed by atoms with Crippen LogP contribution in [-0.4, -0.2) is 25.7 Å². The molecule has 18 heavy (non-hydrogen) atoms.